The summed E-state index contributed by atoms with van der Waals surface area (Å²) in [6.45, 7) is 6.60. The van der Waals surface area contributed by atoms with E-state index in [1.54, 1.807) is 28.9 Å². The van der Waals surface area contributed by atoms with Gasteiger partial charge in [-0.25, -0.2) is 4.98 Å². The topological polar surface area (TPSA) is 79.3 Å². The van der Waals surface area contributed by atoms with Crippen LogP contribution in [0, 0.1) is 5.92 Å². The molecule has 2 rings (SSSR count). The van der Waals surface area contributed by atoms with Crippen molar-refractivity contribution in [3.8, 4) is 0 Å². The van der Waals surface area contributed by atoms with Crippen LogP contribution in [0.5, 0.6) is 0 Å². The first-order valence-electron chi connectivity index (χ1n) is 7.29. The molecule has 0 saturated carbocycles. The minimum Gasteiger partial charge on any atom is -0.357 e. The molecule has 1 aliphatic heterocycles. The predicted molar refractivity (Wildman–Crippen MR) is 81.4 cm³/mol. The van der Waals surface area contributed by atoms with Crippen LogP contribution in [0.25, 0.3) is 0 Å². The van der Waals surface area contributed by atoms with E-state index in [9.17, 15) is 9.59 Å². The zero-order valence-corrected chi connectivity index (χ0v) is 12.8. The van der Waals surface area contributed by atoms with E-state index in [1.165, 1.54) is 0 Å². The second kappa shape index (κ2) is 6.71. The highest BCUT2D eigenvalue weighted by Crippen LogP contribution is 2.11. The molecule has 0 radical (unpaired) electrons. The standard InChI is InChI=1S/C14H23N5O2/c1-10(2)9-18-6-5-17-12(14(18)21)19-7-4-16-8-11(19)13(20)15-3/h5-6,10-11,16H,4,7-9H2,1-3H3,(H,15,20). The van der Waals surface area contributed by atoms with Crippen LogP contribution in [0.2, 0.25) is 0 Å². The summed E-state index contributed by atoms with van der Waals surface area (Å²) in [5.74, 6) is 0.617. The molecule has 1 aliphatic rings. The van der Waals surface area contributed by atoms with Crippen LogP contribution < -0.4 is 21.1 Å². The third-order valence-electron chi connectivity index (χ3n) is 3.52. The second-order valence-electron chi connectivity index (χ2n) is 5.63. The molecule has 1 aromatic rings. The highest BCUT2D eigenvalue weighted by Gasteiger charge is 2.30. The average molecular weight is 293 g/mol. The van der Waals surface area contributed by atoms with Gasteiger partial charge in [0, 0.05) is 45.6 Å². The van der Waals surface area contributed by atoms with E-state index in [2.05, 4.69) is 29.5 Å². The van der Waals surface area contributed by atoms with Crippen LogP contribution in [-0.2, 0) is 11.3 Å². The number of carbonyl (C=O) groups is 1. The molecule has 0 aromatic carbocycles. The summed E-state index contributed by atoms with van der Waals surface area (Å²) in [6.07, 6.45) is 3.32. The van der Waals surface area contributed by atoms with Crippen molar-refractivity contribution in [2.24, 2.45) is 5.92 Å². The van der Waals surface area contributed by atoms with Crippen molar-refractivity contribution >= 4 is 11.7 Å². The Kier molecular flexibility index (Phi) is 4.95. The van der Waals surface area contributed by atoms with Gasteiger partial charge in [-0.1, -0.05) is 13.8 Å². The van der Waals surface area contributed by atoms with Gasteiger partial charge in [0.25, 0.3) is 5.56 Å². The van der Waals surface area contributed by atoms with E-state index >= 15 is 0 Å². The molecule has 1 aromatic heterocycles. The van der Waals surface area contributed by atoms with Gasteiger partial charge in [-0.3, -0.25) is 9.59 Å². The molecule has 21 heavy (non-hydrogen) atoms. The Morgan fingerprint density at radius 1 is 1.57 bits per heavy atom. The fourth-order valence-electron chi connectivity index (χ4n) is 2.53. The zero-order valence-electron chi connectivity index (χ0n) is 12.8. The van der Waals surface area contributed by atoms with E-state index < -0.39 is 6.04 Å². The molecule has 7 nitrogen and oxygen atoms in total. The van der Waals surface area contributed by atoms with E-state index in [0.717, 1.165) is 6.54 Å². The summed E-state index contributed by atoms with van der Waals surface area (Å²) in [7, 11) is 1.60. The lowest BCUT2D eigenvalue weighted by Crippen LogP contribution is -2.59. The third kappa shape index (κ3) is 3.41. The molecule has 7 heteroatoms. The first-order chi connectivity index (χ1) is 10.0. The van der Waals surface area contributed by atoms with Gasteiger partial charge in [0.15, 0.2) is 5.82 Å². The van der Waals surface area contributed by atoms with Crippen molar-refractivity contribution in [2.45, 2.75) is 26.4 Å². The van der Waals surface area contributed by atoms with Crippen LogP contribution in [0.3, 0.4) is 0 Å². The van der Waals surface area contributed by atoms with Crippen LogP contribution in [-0.4, -0.2) is 48.2 Å². The normalized spacial score (nSPS) is 18.9. The number of amides is 1. The fourth-order valence-corrected chi connectivity index (χ4v) is 2.53. The lowest BCUT2D eigenvalue weighted by molar-refractivity contribution is -0.122. The number of carbonyl (C=O) groups excluding carboxylic acids is 1. The monoisotopic (exact) mass is 293 g/mol. The Bertz CT molecular complexity index is 555. The minimum atomic E-state index is -0.404. The first-order valence-corrected chi connectivity index (χ1v) is 7.29. The third-order valence-corrected chi connectivity index (χ3v) is 3.52. The molecule has 1 amide bonds. The van der Waals surface area contributed by atoms with Gasteiger partial charge >= 0.3 is 0 Å². The van der Waals surface area contributed by atoms with Gasteiger partial charge < -0.3 is 20.1 Å². The Labute approximate surface area is 124 Å². The molecule has 0 bridgehead atoms. The molecule has 2 N–H and O–H groups in total. The van der Waals surface area contributed by atoms with Crippen LogP contribution in [0.4, 0.5) is 5.82 Å². The quantitative estimate of drug-likeness (QED) is 0.777. The Hall–Kier alpha value is -1.89. The summed E-state index contributed by atoms with van der Waals surface area (Å²) in [4.78, 5) is 30.6. The highest BCUT2D eigenvalue weighted by molar-refractivity contribution is 5.85. The SMILES string of the molecule is CNC(=O)C1CNCCN1c1nccn(CC(C)C)c1=O. The van der Waals surface area contributed by atoms with Gasteiger partial charge in [0.2, 0.25) is 5.91 Å². The van der Waals surface area contributed by atoms with Crippen molar-refractivity contribution in [3.05, 3.63) is 22.7 Å². The van der Waals surface area contributed by atoms with E-state index in [0.29, 0.717) is 31.4 Å². The van der Waals surface area contributed by atoms with Gasteiger partial charge in [-0.2, -0.15) is 0 Å². The summed E-state index contributed by atoms with van der Waals surface area (Å²) < 4.78 is 1.66. The Balaban J connectivity index is 2.35. The van der Waals surface area contributed by atoms with E-state index in [1.807, 2.05) is 0 Å². The maximum atomic E-state index is 12.6. The number of hydrogen-bond donors (Lipinski definition) is 2. The first kappa shape index (κ1) is 15.5. The maximum absolute atomic E-state index is 12.6. The Morgan fingerprint density at radius 3 is 3.00 bits per heavy atom. The highest BCUT2D eigenvalue weighted by atomic mass is 16.2. The van der Waals surface area contributed by atoms with Crippen LogP contribution >= 0.6 is 0 Å². The molecule has 2 heterocycles. The van der Waals surface area contributed by atoms with Crippen LogP contribution in [0.15, 0.2) is 17.2 Å². The largest absolute Gasteiger partial charge is 0.357 e. The number of nitrogens with one attached hydrogen (secondary N) is 2. The summed E-state index contributed by atoms with van der Waals surface area (Å²) in [6, 6.07) is -0.404. The van der Waals surface area contributed by atoms with Gasteiger partial charge in [-0.15, -0.1) is 0 Å². The van der Waals surface area contributed by atoms with Crippen molar-refractivity contribution in [3.63, 3.8) is 0 Å². The molecular formula is C14H23N5O2. The molecule has 1 saturated heterocycles. The molecule has 0 aliphatic carbocycles. The number of hydrogen-bond acceptors (Lipinski definition) is 5. The van der Waals surface area contributed by atoms with E-state index in [-0.39, 0.29) is 11.5 Å². The number of aromatic nitrogens is 2. The minimum absolute atomic E-state index is 0.109. The summed E-state index contributed by atoms with van der Waals surface area (Å²) in [5, 5.41) is 5.82. The number of nitrogens with zero attached hydrogens (tertiary/aromatic N) is 3. The van der Waals surface area contributed by atoms with Crippen molar-refractivity contribution in [2.75, 3.05) is 31.6 Å². The number of rotatable bonds is 4. The molecule has 1 unspecified atom stereocenters. The molecule has 1 atom stereocenters. The van der Waals surface area contributed by atoms with Gasteiger partial charge in [0.1, 0.15) is 6.04 Å². The summed E-state index contributed by atoms with van der Waals surface area (Å²) >= 11 is 0. The Morgan fingerprint density at radius 2 is 2.33 bits per heavy atom. The predicted octanol–water partition coefficient (Wildman–Crippen LogP) is -0.576. The van der Waals surface area contributed by atoms with Crippen molar-refractivity contribution in [1.82, 2.24) is 20.2 Å². The van der Waals surface area contributed by atoms with Gasteiger partial charge in [0.05, 0.1) is 0 Å². The van der Waals surface area contributed by atoms with Crippen LogP contribution in [0.1, 0.15) is 13.8 Å². The zero-order chi connectivity index (χ0) is 15.4. The lowest BCUT2D eigenvalue weighted by atomic mass is 10.1. The van der Waals surface area contributed by atoms with Gasteiger partial charge in [-0.05, 0) is 5.92 Å². The lowest BCUT2D eigenvalue weighted by Gasteiger charge is -2.35. The molecule has 116 valence electrons. The van der Waals surface area contributed by atoms with Crippen molar-refractivity contribution in [1.29, 1.82) is 0 Å². The number of anilines is 1. The molecular weight excluding hydrogens is 270 g/mol. The molecule has 1 fully saturated rings. The summed E-state index contributed by atoms with van der Waals surface area (Å²) in [5.41, 5.74) is -0.137. The second-order valence-corrected chi connectivity index (χ2v) is 5.63. The maximum Gasteiger partial charge on any atom is 0.293 e. The fraction of sp³-hybridized carbons (Fsp3) is 0.643. The van der Waals surface area contributed by atoms with E-state index in [4.69, 9.17) is 0 Å². The molecule has 0 spiro atoms. The average Bonchev–Trinajstić information content (AvgIpc) is 2.48. The smallest absolute Gasteiger partial charge is 0.293 e. The van der Waals surface area contributed by atoms with Crippen molar-refractivity contribution < 1.29 is 4.79 Å². The number of piperazine rings is 1. The number of likely N-dealkylation sites (N-methyl/N-ethyl adjacent to an activating group) is 1.